The number of nitriles is 1. The lowest BCUT2D eigenvalue weighted by Crippen LogP contribution is -2.67. The van der Waals surface area contributed by atoms with Gasteiger partial charge in [0.25, 0.3) is 15.9 Å². The molecule has 0 radical (unpaired) electrons. The summed E-state index contributed by atoms with van der Waals surface area (Å²) in [6.07, 6.45) is 0. The second-order valence-electron chi connectivity index (χ2n) is 4.36. The second kappa shape index (κ2) is 3.53. The van der Waals surface area contributed by atoms with Crippen LogP contribution in [0.2, 0.25) is 0 Å². The molecule has 0 atom stereocenters. The average Bonchev–Trinajstić information content (AvgIpc) is 2.30. The quantitative estimate of drug-likeness (QED) is 0.765. The van der Waals surface area contributed by atoms with Crippen molar-refractivity contribution in [3.63, 3.8) is 0 Å². The lowest BCUT2D eigenvalue weighted by atomic mass is 10.1. The Kier molecular flexibility index (Phi) is 2.45. The summed E-state index contributed by atoms with van der Waals surface area (Å²) in [5.41, 5.74) is -0.292. The van der Waals surface area contributed by atoms with E-state index >= 15 is 0 Å². The van der Waals surface area contributed by atoms with Crippen molar-refractivity contribution in [1.82, 2.24) is 0 Å². The molecule has 7 heteroatoms. The number of halogens is 1. The summed E-state index contributed by atoms with van der Waals surface area (Å²) in [4.78, 5) is 11.7. The predicted octanol–water partition coefficient (Wildman–Crippen LogP) is 1.15. The van der Waals surface area contributed by atoms with Gasteiger partial charge in [-0.05, 0) is 32.0 Å². The molecule has 1 aliphatic rings. The van der Waals surface area contributed by atoms with Crippen LogP contribution in [-0.2, 0) is 14.8 Å². The van der Waals surface area contributed by atoms with E-state index in [-0.39, 0.29) is 11.3 Å². The molecule has 0 unspecified atom stereocenters. The standard InChI is InChI=1S/C11H9FN2O3S/c1-11(2)10(15)14(18(11,16)17)9-4-3-7(6-13)5-8(9)12/h3-5H,1-2H3. The molecule has 18 heavy (non-hydrogen) atoms. The third-order valence-electron chi connectivity index (χ3n) is 2.88. The van der Waals surface area contributed by atoms with Crippen molar-refractivity contribution in [2.24, 2.45) is 0 Å². The number of amides is 1. The van der Waals surface area contributed by atoms with Gasteiger partial charge in [-0.2, -0.15) is 5.26 Å². The normalized spacial score (nSPS) is 20.1. The highest BCUT2D eigenvalue weighted by atomic mass is 32.2. The molecule has 1 heterocycles. The highest BCUT2D eigenvalue weighted by molar-refractivity contribution is 7.98. The summed E-state index contributed by atoms with van der Waals surface area (Å²) in [7, 11) is -3.88. The lowest BCUT2D eigenvalue weighted by molar-refractivity contribution is -0.120. The Labute approximate surface area is 103 Å². The molecule has 0 aromatic heterocycles. The molecular formula is C11H9FN2O3S. The summed E-state index contributed by atoms with van der Waals surface area (Å²) >= 11 is 0. The van der Waals surface area contributed by atoms with E-state index in [2.05, 4.69) is 0 Å². The molecular weight excluding hydrogens is 259 g/mol. The number of carbonyl (C=O) groups is 1. The first-order chi connectivity index (χ1) is 8.23. The van der Waals surface area contributed by atoms with Gasteiger partial charge >= 0.3 is 0 Å². The van der Waals surface area contributed by atoms with E-state index in [9.17, 15) is 17.6 Å². The minimum atomic E-state index is -3.88. The molecule has 1 fully saturated rings. The lowest BCUT2D eigenvalue weighted by Gasteiger charge is -2.42. The topological polar surface area (TPSA) is 78.2 Å². The van der Waals surface area contributed by atoms with Gasteiger partial charge in [0.2, 0.25) is 0 Å². The van der Waals surface area contributed by atoms with E-state index in [0.29, 0.717) is 4.31 Å². The van der Waals surface area contributed by atoms with Crippen LogP contribution in [0.5, 0.6) is 0 Å². The number of rotatable bonds is 1. The van der Waals surface area contributed by atoms with Crippen molar-refractivity contribution >= 4 is 21.6 Å². The summed E-state index contributed by atoms with van der Waals surface area (Å²) in [6.45, 7) is 2.53. The van der Waals surface area contributed by atoms with E-state index in [1.165, 1.54) is 19.9 Å². The second-order valence-corrected chi connectivity index (χ2v) is 6.70. The van der Waals surface area contributed by atoms with Crippen molar-refractivity contribution < 1.29 is 17.6 Å². The van der Waals surface area contributed by atoms with E-state index in [1.807, 2.05) is 0 Å². The average molecular weight is 268 g/mol. The predicted molar refractivity (Wildman–Crippen MR) is 61.6 cm³/mol. The number of anilines is 1. The number of hydrogen-bond acceptors (Lipinski definition) is 4. The van der Waals surface area contributed by atoms with Crippen molar-refractivity contribution in [1.29, 1.82) is 5.26 Å². The van der Waals surface area contributed by atoms with Crippen molar-refractivity contribution in [3.05, 3.63) is 29.6 Å². The molecule has 1 aromatic rings. The third kappa shape index (κ3) is 1.36. The van der Waals surface area contributed by atoms with Crippen molar-refractivity contribution in [2.75, 3.05) is 4.31 Å². The van der Waals surface area contributed by atoms with Crippen LogP contribution in [0.4, 0.5) is 10.1 Å². The van der Waals surface area contributed by atoms with Crippen molar-refractivity contribution in [2.45, 2.75) is 18.6 Å². The Morgan fingerprint density at radius 1 is 1.39 bits per heavy atom. The third-order valence-corrected chi connectivity index (χ3v) is 5.19. The van der Waals surface area contributed by atoms with Crippen LogP contribution in [0, 0.1) is 17.1 Å². The Hall–Kier alpha value is -1.94. The van der Waals surface area contributed by atoms with Gasteiger partial charge in [-0.3, -0.25) is 4.79 Å². The van der Waals surface area contributed by atoms with Crippen LogP contribution in [0.3, 0.4) is 0 Å². The highest BCUT2D eigenvalue weighted by Gasteiger charge is 2.61. The number of hydrogen-bond donors (Lipinski definition) is 0. The fourth-order valence-electron chi connectivity index (χ4n) is 1.63. The Morgan fingerprint density at radius 3 is 2.44 bits per heavy atom. The van der Waals surface area contributed by atoms with Gasteiger partial charge in [0, 0.05) is 0 Å². The molecule has 0 N–H and O–H groups in total. The van der Waals surface area contributed by atoms with Crippen LogP contribution < -0.4 is 4.31 Å². The smallest absolute Gasteiger partial charge is 0.263 e. The largest absolute Gasteiger partial charge is 0.272 e. The van der Waals surface area contributed by atoms with Gasteiger partial charge in [-0.15, -0.1) is 0 Å². The van der Waals surface area contributed by atoms with Crippen LogP contribution in [0.25, 0.3) is 0 Å². The zero-order valence-corrected chi connectivity index (χ0v) is 10.5. The highest BCUT2D eigenvalue weighted by Crippen LogP contribution is 2.40. The minimum Gasteiger partial charge on any atom is -0.272 e. The Bertz CT molecular complexity index is 689. The van der Waals surface area contributed by atoms with Gasteiger partial charge < -0.3 is 0 Å². The summed E-state index contributed by atoms with van der Waals surface area (Å²) < 4.78 is 36.3. The maximum atomic E-state index is 13.7. The van der Waals surface area contributed by atoms with Gasteiger partial charge in [0.1, 0.15) is 5.82 Å². The molecule has 1 amide bonds. The monoisotopic (exact) mass is 268 g/mol. The summed E-state index contributed by atoms with van der Waals surface area (Å²) in [6, 6.07) is 4.98. The maximum Gasteiger partial charge on any atom is 0.263 e. The van der Waals surface area contributed by atoms with Crippen LogP contribution in [-0.4, -0.2) is 19.1 Å². The van der Waals surface area contributed by atoms with Crippen LogP contribution >= 0.6 is 0 Å². The first-order valence-corrected chi connectivity index (χ1v) is 6.46. The number of sulfonamides is 1. The van der Waals surface area contributed by atoms with Crippen molar-refractivity contribution in [3.8, 4) is 6.07 Å². The molecule has 5 nitrogen and oxygen atoms in total. The van der Waals surface area contributed by atoms with Crippen LogP contribution in [0.15, 0.2) is 18.2 Å². The van der Waals surface area contributed by atoms with Crippen LogP contribution in [0.1, 0.15) is 19.4 Å². The van der Waals surface area contributed by atoms with Gasteiger partial charge in [0.05, 0.1) is 17.3 Å². The molecule has 94 valence electrons. The van der Waals surface area contributed by atoms with E-state index in [4.69, 9.17) is 5.26 Å². The summed E-state index contributed by atoms with van der Waals surface area (Å²) in [5.74, 6) is -1.60. The van der Waals surface area contributed by atoms with E-state index < -0.39 is 26.5 Å². The van der Waals surface area contributed by atoms with E-state index in [1.54, 1.807) is 6.07 Å². The first-order valence-electron chi connectivity index (χ1n) is 5.02. The van der Waals surface area contributed by atoms with Gasteiger partial charge in [-0.1, -0.05) is 0 Å². The van der Waals surface area contributed by atoms with Gasteiger partial charge in [-0.25, -0.2) is 17.1 Å². The molecule has 1 saturated heterocycles. The molecule has 1 aromatic carbocycles. The molecule has 0 saturated carbocycles. The molecule has 0 aliphatic carbocycles. The first kappa shape index (κ1) is 12.5. The Morgan fingerprint density at radius 2 is 2.00 bits per heavy atom. The number of benzene rings is 1. The SMILES string of the molecule is CC1(C)C(=O)N(c2ccc(C#N)cc2F)S1(=O)=O. The zero-order valence-electron chi connectivity index (χ0n) is 9.64. The zero-order chi connectivity index (χ0) is 13.7. The number of carbonyl (C=O) groups excluding carboxylic acids is 1. The fraction of sp³-hybridized carbons (Fsp3) is 0.273. The minimum absolute atomic E-state index is 0.0564. The fourth-order valence-corrected chi connectivity index (χ4v) is 3.12. The van der Waals surface area contributed by atoms with E-state index in [0.717, 1.165) is 12.1 Å². The number of nitrogens with zero attached hydrogens (tertiary/aromatic N) is 2. The molecule has 1 aliphatic heterocycles. The Balaban J connectivity index is 2.54. The summed E-state index contributed by atoms with van der Waals surface area (Å²) in [5, 5.41) is 8.59. The molecule has 0 bridgehead atoms. The maximum absolute atomic E-state index is 13.7. The van der Waals surface area contributed by atoms with Gasteiger partial charge in [0.15, 0.2) is 4.75 Å². The molecule has 0 spiro atoms. The molecule has 2 rings (SSSR count).